The van der Waals surface area contributed by atoms with Gasteiger partial charge in [-0.1, -0.05) is 6.92 Å². The lowest BCUT2D eigenvalue weighted by Gasteiger charge is -2.16. The standard InChI is InChI=1S/C16H21NO5S2/c1-10-2-3-13-11(6-10)7-14(23-13)16(19)22-8-15(18)17-12-4-5-24(20,21)9-12/h7,10,12H,2-6,8-9H2,1H3,(H,17,18)/t10-,12-/m1/s1. The molecular weight excluding hydrogens is 350 g/mol. The summed E-state index contributed by atoms with van der Waals surface area (Å²) >= 11 is 1.44. The number of amides is 1. The minimum Gasteiger partial charge on any atom is -0.451 e. The van der Waals surface area contributed by atoms with E-state index in [0.29, 0.717) is 17.2 Å². The molecule has 1 aliphatic carbocycles. The van der Waals surface area contributed by atoms with Gasteiger partial charge in [-0.2, -0.15) is 0 Å². The Kier molecular flexibility index (Phi) is 4.96. The number of rotatable bonds is 4. The van der Waals surface area contributed by atoms with Crippen LogP contribution in [0, 0.1) is 5.92 Å². The third-order valence-electron chi connectivity index (χ3n) is 4.46. The molecule has 2 heterocycles. The number of sulfone groups is 1. The van der Waals surface area contributed by atoms with E-state index < -0.39 is 21.7 Å². The van der Waals surface area contributed by atoms with Crippen LogP contribution in [0.4, 0.5) is 0 Å². The number of hydrogen-bond donors (Lipinski definition) is 1. The number of carbonyl (C=O) groups excluding carboxylic acids is 2. The first-order valence-corrected chi connectivity index (χ1v) is 10.7. The van der Waals surface area contributed by atoms with Gasteiger partial charge >= 0.3 is 5.97 Å². The highest BCUT2D eigenvalue weighted by Gasteiger charge is 2.29. The van der Waals surface area contributed by atoms with Crippen LogP contribution in [0.1, 0.15) is 39.9 Å². The van der Waals surface area contributed by atoms with Crippen molar-refractivity contribution >= 4 is 33.1 Å². The lowest BCUT2D eigenvalue weighted by atomic mass is 9.90. The van der Waals surface area contributed by atoms with Crippen molar-refractivity contribution in [3.05, 3.63) is 21.4 Å². The van der Waals surface area contributed by atoms with Crippen LogP contribution < -0.4 is 5.32 Å². The fraction of sp³-hybridized carbons (Fsp3) is 0.625. The van der Waals surface area contributed by atoms with E-state index in [2.05, 4.69) is 12.2 Å². The minimum atomic E-state index is -3.04. The third-order valence-corrected chi connectivity index (χ3v) is 7.45. The average Bonchev–Trinajstić information content (AvgIpc) is 3.07. The van der Waals surface area contributed by atoms with E-state index in [1.165, 1.54) is 21.8 Å². The van der Waals surface area contributed by atoms with Crippen molar-refractivity contribution in [3.63, 3.8) is 0 Å². The number of fused-ring (bicyclic) bond motifs is 1. The summed E-state index contributed by atoms with van der Waals surface area (Å²) in [6, 6.07) is 1.50. The predicted molar refractivity (Wildman–Crippen MR) is 91.0 cm³/mol. The van der Waals surface area contributed by atoms with E-state index >= 15 is 0 Å². The van der Waals surface area contributed by atoms with Gasteiger partial charge in [0, 0.05) is 10.9 Å². The summed E-state index contributed by atoms with van der Waals surface area (Å²) in [6.07, 6.45) is 3.52. The molecule has 1 fully saturated rings. The molecule has 0 aromatic carbocycles. The largest absolute Gasteiger partial charge is 0.451 e. The smallest absolute Gasteiger partial charge is 0.348 e. The Hall–Kier alpha value is -1.41. The summed E-state index contributed by atoms with van der Waals surface area (Å²) in [5, 5.41) is 2.60. The highest BCUT2D eigenvalue weighted by molar-refractivity contribution is 7.91. The van der Waals surface area contributed by atoms with Gasteiger partial charge in [0.05, 0.1) is 11.5 Å². The molecule has 3 rings (SSSR count). The predicted octanol–water partition coefficient (Wildman–Crippen LogP) is 1.33. The van der Waals surface area contributed by atoms with Crippen LogP contribution in [0.2, 0.25) is 0 Å². The Morgan fingerprint density at radius 1 is 1.38 bits per heavy atom. The molecule has 0 saturated carbocycles. The van der Waals surface area contributed by atoms with Crippen molar-refractivity contribution in [1.29, 1.82) is 0 Å². The molecule has 24 heavy (non-hydrogen) atoms. The normalized spacial score (nSPS) is 25.0. The van der Waals surface area contributed by atoms with Crippen LogP contribution in [0.5, 0.6) is 0 Å². The van der Waals surface area contributed by atoms with Crippen LogP contribution in [0.3, 0.4) is 0 Å². The van der Waals surface area contributed by atoms with Crippen LogP contribution in [0.25, 0.3) is 0 Å². The molecule has 2 aliphatic rings. The van der Waals surface area contributed by atoms with Crippen molar-refractivity contribution in [3.8, 4) is 0 Å². The van der Waals surface area contributed by atoms with Crippen LogP contribution >= 0.6 is 11.3 Å². The summed E-state index contributed by atoms with van der Waals surface area (Å²) in [4.78, 5) is 25.7. The highest BCUT2D eigenvalue weighted by atomic mass is 32.2. The van der Waals surface area contributed by atoms with E-state index in [0.717, 1.165) is 19.3 Å². The lowest BCUT2D eigenvalue weighted by molar-refractivity contribution is -0.124. The lowest BCUT2D eigenvalue weighted by Crippen LogP contribution is -2.38. The van der Waals surface area contributed by atoms with Gasteiger partial charge in [0.2, 0.25) is 0 Å². The molecule has 8 heteroatoms. The summed E-state index contributed by atoms with van der Waals surface area (Å²) in [7, 11) is -3.04. The number of nitrogens with one attached hydrogen (secondary N) is 1. The van der Waals surface area contributed by atoms with Gasteiger partial charge in [-0.3, -0.25) is 4.79 Å². The molecule has 0 unspecified atom stereocenters. The van der Waals surface area contributed by atoms with Crippen LogP contribution in [-0.2, 0) is 32.2 Å². The van der Waals surface area contributed by atoms with Gasteiger partial charge in [0.25, 0.3) is 5.91 Å². The number of hydrogen-bond acceptors (Lipinski definition) is 6. The second-order valence-corrected chi connectivity index (χ2v) is 10.0. The molecule has 132 valence electrons. The SMILES string of the molecule is C[C@@H]1CCc2sc(C(=O)OCC(=O)N[C@@H]3CCS(=O)(=O)C3)cc2C1. The van der Waals surface area contributed by atoms with E-state index in [1.807, 2.05) is 6.07 Å². The second kappa shape index (κ2) is 6.84. The molecule has 1 saturated heterocycles. The van der Waals surface area contributed by atoms with Gasteiger partial charge in [0.1, 0.15) is 4.88 Å². The van der Waals surface area contributed by atoms with Crippen molar-refractivity contribution in [2.24, 2.45) is 5.92 Å². The molecule has 6 nitrogen and oxygen atoms in total. The first-order chi connectivity index (χ1) is 11.3. The number of carbonyl (C=O) groups is 2. The first kappa shape index (κ1) is 17.4. The minimum absolute atomic E-state index is 0.0392. The fourth-order valence-electron chi connectivity index (χ4n) is 3.19. The number of thiophene rings is 1. The van der Waals surface area contributed by atoms with E-state index in [9.17, 15) is 18.0 Å². The average molecular weight is 371 g/mol. The molecular formula is C16H21NO5S2. The Morgan fingerprint density at radius 3 is 2.88 bits per heavy atom. The molecule has 1 aromatic heterocycles. The summed E-state index contributed by atoms with van der Waals surface area (Å²) in [6.45, 7) is 1.82. The van der Waals surface area contributed by atoms with Gasteiger partial charge in [0.15, 0.2) is 16.4 Å². The Balaban J connectivity index is 1.50. The molecule has 0 radical (unpaired) electrons. The summed E-state index contributed by atoms with van der Waals surface area (Å²) in [5.74, 6) is -0.263. The van der Waals surface area contributed by atoms with Gasteiger partial charge in [-0.25, -0.2) is 13.2 Å². The maximum atomic E-state index is 12.1. The van der Waals surface area contributed by atoms with E-state index in [4.69, 9.17) is 4.74 Å². The zero-order valence-corrected chi connectivity index (χ0v) is 15.2. The van der Waals surface area contributed by atoms with Gasteiger partial charge in [-0.05, 0) is 43.2 Å². The number of ether oxygens (including phenoxy) is 1. The number of esters is 1. The van der Waals surface area contributed by atoms with Crippen molar-refractivity contribution in [2.75, 3.05) is 18.1 Å². The van der Waals surface area contributed by atoms with E-state index in [1.54, 1.807) is 0 Å². The Labute approximate surface area is 145 Å². The van der Waals surface area contributed by atoms with Crippen molar-refractivity contribution in [1.82, 2.24) is 5.32 Å². The molecule has 0 spiro atoms. The molecule has 2 atom stereocenters. The fourth-order valence-corrected chi connectivity index (χ4v) is 5.96. The molecule has 1 aliphatic heterocycles. The van der Waals surface area contributed by atoms with Gasteiger partial charge < -0.3 is 10.1 Å². The van der Waals surface area contributed by atoms with Crippen molar-refractivity contribution in [2.45, 2.75) is 38.6 Å². The van der Waals surface area contributed by atoms with E-state index in [-0.39, 0.29) is 24.2 Å². The number of aryl methyl sites for hydroxylation is 1. The Morgan fingerprint density at radius 2 is 2.17 bits per heavy atom. The zero-order chi connectivity index (χ0) is 17.3. The quantitative estimate of drug-likeness (QED) is 0.807. The van der Waals surface area contributed by atoms with Crippen LogP contribution in [0.15, 0.2) is 6.07 Å². The van der Waals surface area contributed by atoms with Crippen molar-refractivity contribution < 1.29 is 22.7 Å². The first-order valence-electron chi connectivity index (χ1n) is 8.11. The molecule has 1 N–H and O–H groups in total. The van der Waals surface area contributed by atoms with Gasteiger partial charge in [-0.15, -0.1) is 11.3 Å². The molecule has 1 aromatic rings. The Bertz CT molecular complexity index is 753. The second-order valence-electron chi connectivity index (χ2n) is 6.65. The topological polar surface area (TPSA) is 89.5 Å². The third kappa shape index (κ3) is 4.16. The zero-order valence-electron chi connectivity index (χ0n) is 13.5. The highest BCUT2D eigenvalue weighted by Crippen LogP contribution is 2.32. The monoisotopic (exact) mass is 371 g/mol. The molecule has 1 amide bonds. The van der Waals surface area contributed by atoms with Crippen LogP contribution in [-0.4, -0.2) is 44.4 Å². The maximum absolute atomic E-state index is 12.1. The summed E-state index contributed by atoms with van der Waals surface area (Å²) < 4.78 is 27.8. The summed E-state index contributed by atoms with van der Waals surface area (Å²) in [5.41, 5.74) is 1.21. The molecule has 0 bridgehead atoms. The maximum Gasteiger partial charge on any atom is 0.348 e.